The van der Waals surface area contributed by atoms with Gasteiger partial charge in [0.05, 0.1) is 13.2 Å². The average molecular weight is 283 g/mol. The summed E-state index contributed by atoms with van der Waals surface area (Å²) in [6.45, 7) is 3.07. The Kier molecular flexibility index (Phi) is 3.69. The lowest BCUT2D eigenvalue weighted by atomic mass is 10.0. The van der Waals surface area contributed by atoms with Crippen LogP contribution in [0.15, 0.2) is 23.1 Å². The second kappa shape index (κ2) is 5.31. The van der Waals surface area contributed by atoms with E-state index < -0.39 is 0 Å². The summed E-state index contributed by atoms with van der Waals surface area (Å²) < 4.78 is 25.0. The molecule has 0 N–H and O–H groups in total. The highest BCUT2D eigenvalue weighted by Crippen LogP contribution is 2.34. The third-order valence-electron chi connectivity index (χ3n) is 3.80. The third-order valence-corrected chi connectivity index (χ3v) is 4.50. The van der Waals surface area contributed by atoms with E-state index in [4.69, 9.17) is 9.47 Å². The summed E-state index contributed by atoms with van der Waals surface area (Å²) in [5.74, 6) is -0.540. The maximum absolute atomic E-state index is 13.6. The van der Waals surface area contributed by atoms with Crippen molar-refractivity contribution in [2.24, 2.45) is 0 Å². The molecule has 2 saturated heterocycles. The molecule has 0 radical (unpaired) electrons. The first-order valence-electron chi connectivity index (χ1n) is 6.58. The van der Waals surface area contributed by atoms with Crippen LogP contribution in [0, 0.1) is 5.82 Å². The summed E-state index contributed by atoms with van der Waals surface area (Å²) >= 11 is 1.56. The zero-order valence-electron chi connectivity index (χ0n) is 11.0. The standard InChI is InChI=1S/C14H18FNO2S/c1-19-13-9-11(15)8-12(10-13)16-4-2-14(3-5-16)17-6-7-18-14/h8-10H,2-7H2,1H3. The molecule has 2 heterocycles. The number of thioether (sulfide) groups is 1. The molecule has 0 atom stereocenters. The SMILES string of the molecule is CSc1cc(F)cc(N2CCC3(CC2)OCCO3)c1. The van der Waals surface area contributed by atoms with E-state index in [9.17, 15) is 4.39 Å². The number of piperidine rings is 1. The zero-order valence-corrected chi connectivity index (χ0v) is 11.8. The van der Waals surface area contributed by atoms with Crippen molar-refractivity contribution in [3.8, 4) is 0 Å². The van der Waals surface area contributed by atoms with Crippen LogP contribution in [-0.4, -0.2) is 38.3 Å². The first kappa shape index (κ1) is 13.2. The maximum Gasteiger partial charge on any atom is 0.171 e. The Bertz CT molecular complexity index is 453. The highest BCUT2D eigenvalue weighted by Gasteiger charge is 2.39. The van der Waals surface area contributed by atoms with E-state index in [-0.39, 0.29) is 11.6 Å². The van der Waals surface area contributed by atoms with Gasteiger partial charge in [-0.25, -0.2) is 4.39 Å². The number of nitrogens with zero attached hydrogens (tertiary/aromatic N) is 1. The molecule has 0 saturated carbocycles. The minimum atomic E-state index is -0.369. The molecule has 0 aliphatic carbocycles. The lowest BCUT2D eigenvalue weighted by Crippen LogP contribution is -2.45. The summed E-state index contributed by atoms with van der Waals surface area (Å²) in [7, 11) is 0. The molecular formula is C14H18FNO2S. The molecule has 0 aromatic heterocycles. The van der Waals surface area contributed by atoms with Crippen LogP contribution in [0.5, 0.6) is 0 Å². The molecule has 0 unspecified atom stereocenters. The summed E-state index contributed by atoms with van der Waals surface area (Å²) in [6, 6.07) is 5.22. The van der Waals surface area contributed by atoms with Crippen molar-refractivity contribution in [2.75, 3.05) is 37.5 Å². The van der Waals surface area contributed by atoms with Crippen LogP contribution >= 0.6 is 11.8 Å². The quantitative estimate of drug-likeness (QED) is 0.778. The van der Waals surface area contributed by atoms with E-state index in [0.717, 1.165) is 36.5 Å². The Labute approximate surface area is 117 Å². The minimum Gasteiger partial charge on any atom is -0.371 e. The number of benzene rings is 1. The number of hydrogen-bond donors (Lipinski definition) is 0. The fourth-order valence-corrected chi connectivity index (χ4v) is 3.21. The Balaban J connectivity index is 1.72. The van der Waals surface area contributed by atoms with Crippen LogP contribution in [0.25, 0.3) is 0 Å². The van der Waals surface area contributed by atoms with Gasteiger partial charge in [0, 0.05) is 36.5 Å². The molecule has 2 aliphatic rings. The number of anilines is 1. The monoisotopic (exact) mass is 283 g/mol. The molecular weight excluding hydrogens is 265 g/mol. The van der Waals surface area contributed by atoms with E-state index in [1.165, 1.54) is 0 Å². The molecule has 1 spiro atoms. The molecule has 5 heteroatoms. The second-order valence-electron chi connectivity index (χ2n) is 4.94. The van der Waals surface area contributed by atoms with Crippen molar-refractivity contribution < 1.29 is 13.9 Å². The van der Waals surface area contributed by atoms with Gasteiger partial charge in [-0.1, -0.05) is 0 Å². The van der Waals surface area contributed by atoms with Gasteiger partial charge in [0.25, 0.3) is 0 Å². The molecule has 2 aliphatic heterocycles. The van der Waals surface area contributed by atoms with Gasteiger partial charge < -0.3 is 14.4 Å². The summed E-state index contributed by atoms with van der Waals surface area (Å²) in [4.78, 5) is 3.17. The van der Waals surface area contributed by atoms with Crippen molar-refractivity contribution in [2.45, 2.75) is 23.5 Å². The first-order valence-corrected chi connectivity index (χ1v) is 7.81. The van der Waals surface area contributed by atoms with Crippen LogP contribution < -0.4 is 4.90 Å². The fourth-order valence-electron chi connectivity index (χ4n) is 2.74. The predicted octanol–water partition coefficient (Wildman–Crippen LogP) is 2.89. The molecule has 1 aromatic carbocycles. The van der Waals surface area contributed by atoms with Gasteiger partial charge in [-0.3, -0.25) is 0 Å². The van der Waals surface area contributed by atoms with Crippen LogP contribution in [-0.2, 0) is 9.47 Å². The lowest BCUT2D eigenvalue weighted by Gasteiger charge is -2.38. The molecule has 2 fully saturated rings. The Morgan fingerprint density at radius 1 is 1.16 bits per heavy atom. The van der Waals surface area contributed by atoms with Crippen molar-refractivity contribution in [1.29, 1.82) is 0 Å². The zero-order chi connectivity index (χ0) is 13.3. The molecule has 19 heavy (non-hydrogen) atoms. The van der Waals surface area contributed by atoms with E-state index in [1.54, 1.807) is 23.9 Å². The van der Waals surface area contributed by atoms with Gasteiger partial charge in [-0.05, 0) is 24.5 Å². The normalized spacial score (nSPS) is 22.1. The molecule has 0 amide bonds. The summed E-state index contributed by atoms with van der Waals surface area (Å²) in [5, 5.41) is 0. The van der Waals surface area contributed by atoms with Gasteiger partial charge in [-0.15, -0.1) is 11.8 Å². The smallest absolute Gasteiger partial charge is 0.171 e. The average Bonchev–Trinajstić information content (AvgIpc) is 2.87. The highest BCUT2D eigenvalue weighted by atomic mass is 32.2. The van der Waals surface area contributed by atoms with Gasteiger partial charge in [0.1, 0.15) is 5.82 Å². The molecule has 3 nitrogen and oxygen atoms in total. The molecule has 1 aromatic rings. The van der Waals surface area contributed by atoms with E-state index in [0.29, 0.717) is 13.2 Å². The minimum absolute atomic E-state index is 0.171. The van der Waals surface area contributed by atoms with E-state index in [2.05, 4.69) is 4.90 Å². The van der Waals surface area contributed by atoms with Crippen LogP contribution in [0.1, 0.15) is 12.8 Å². The van der Waals surface area contributed by atoms with Crippen molar-refractivity contribution in [3.63, 3.8) is 0 Å². The van der Waals surface area contributed by atoms with Crippen molar-refractivity contribution >= 4 is 17.4 Å². The Morgan fingerprint density at radius 3 is 2.47 bits per heavy atom. The largest absolute Gasteiger partial charge is 0.371 e. The second-order valence-corrected chi connectivity index (χ2v) is 5.82. The molecule has 0 bridgehead atoms. The van der Waals surface area contributed by atoms with Crippen LogP contribution in [0.4, 0.5) is 10.1 Å². The van der Waals surface area contributed by atoms with Gasteiger partial charge in [-0.2, -0.15) is 0 Å². The lowest BCUT2D eigenvalue weighted by molar-refractivity contribution is -0.169. The van der Waals surface area contributed by atoms with Crippen LogP contribution in [0.3, 0.4) is 0 Å². The molecule has 3 rings (SSSR count). The van der Waals surface area contributed by atoms with E-state index in [1.807, 2.05) is 12.3 Å². The van der Waals surface area contributed by atoms with Crippen molar-refractivity contribution in [1.82, 2.24) is 0 Å². The van der Waals surface area contributed by atoms with Crippen LogP contribution in [0.2, 0.25) is 0 Å². The highest BCUT2D eigenvalue weighted by molar-refractivity contribution is 7.98. The Hall–Kier alpha value is -0.780. The Morgan fingerprint density at radius 2 is 1.84 bits per heavy atom. The maximum atomic E-state index is 13.6. The number of ether oxygens (including phenoxy) is 2. The summed E-state index contributed by atoms with van der Waals surface area (Å²) in [6.07, 6.45) is 3.65. The van der Waals surface area contributed by atoms with Gasteiger partial charge >= 0.3 is 0 Å². The van der Waals surface area contributed by atoms with Gasteiger partial charge in [0.15, 0.2) is 5.79 Å². The predicted molar refractivity (Wildman–Crippen MR) is 74.3 cm³/mol. The number of hydrogen-bond acceptors (Lipinski definition) is 4. The first-order chi connectivity index (χ1) is 9.21. The van der Waals surface area contributed by atoms with Crippen molar-refractivity contribution in [3.05, 3.63) is 24.0 Å². The topological polar surface area (TPSA) is 21.7 Å². The van der Waals surface area contributed by atoms with E-state index >= 15 is 0 Å². The fraction of sp³-hybridized carbons (Fsp3) is 0.571. The molecule has 104 valence electrons. The number of rotatable bonds is 2. The number of halogens is 1. The third kappa shape index (κ3) is 2.73. The van der Waals surface area contributed by atoms with Gasteiger partial charge in [0.2, 0.25) is 0 Å². The summed E-state index contributed by atoms with van der Waals surface area (Å²) in [5.41, 5.74) is 0.956.